The molecule has 0 N–H and O–H groups in total. The molecule has 0 fully saturated rings. The van der Waals surface area contributed by atoms with E-state index in [4.69, 9.17) is 4.74 Å². The Bertz CT molecular complexity index is 714. The standard InChI is InChI=1S/C18H15NO2S/c1-13-10-12-22-17(13)18(20)21-16(14-7-3-2-4-8-14)15-9-5-6-11-19-15/h2-12,16H,1H3. The van der Waals surface area contributed by atoms with E-state index < -0.39 is 6.10 Å². The first-order chi connectivity index (χ1) is 10.8. The number of hydrogen-bond donors (Lipinski definition) is 0. The molecule has 0 radical (unpaired) electrons. The van der Waals surface area contributed by atoms with Crippen molar-refractivity contribution in [1.82, 2.24) is 4.98 Å². The second-order valence-corrected chi connectivity index (χ2v) is 5.80. The first-order valence-electron chi connectivity index (χ1n) is 6.96. The van der Waals surface area contributed by atoms with Crippen LogP contribution in [0.4, 0.5) is 0 Å². The summed E-state index contributed by atoms with van der Waals surface area (Å²) in [5.41, 5.74) is 2.56. The molecule has 0 aliphatic heterocycles. The van der Waals surface area contributed by atoms with Gasteiger partial charge in [-0.2, -0.15) is 0 Å². The number of thiophene rings is 1. The van der Waals surface area contributed by atoms with Crippen molar-refractivity contribution in [3.05, 3.63) is 87.9 Å². The number of pyridine rings is 1. The Morgan fingerprint density at radius 3 is 2.50 bits per heavy atom. The SMILES string of the molecule is Cc1ccsc1C(=O)OC(c1ccccc1)c1ccccn1. The predicted molar refractivity (Wildman–Crippen MR) is 87.0 cm³/mol. The van der Waals surface area contributed by atoms with Gasteiger partial charge in [0.25, 0.3) is 0 Å². The van der Waals surface area contributed by atoms with Crippen LogP contribution in [0, 0.1) is 6.92 Å². The molecule has 0 bridgehead atoms. The average Bonchev–Trinajstić information content (AvgIpc) is 3.00. The summed E-state index contributed by atoms with van der Waals surface area (Å²) >= 11 is 1.40. The number of hydrogen-bond acceptors (Lipinski definition) is 4. The molecule has 110 valence electrons. The number of esters is 1. The number of carbonyl (C=O) groups is 1. The minimum atomic E-state index is -0.503. The Hall–Kier alpha value is -2.46. The topological polar surface area (TPSA) is 39.2 Å². The average molecular weight is 309 g/mol. The molecular weight excluding hydrogens is 294 g/mol. The smallest absolute Gasteiger partial charge is 0.349 e. The summed E-state index contributed by atoms with van der Waals surface area (Å²) in [4.78, 5) is 17.4. The summed E-state index contributed by atoms with van der Waals surface area (Å²) in [6, 6.07) is 17.2. The highest BCUT2D eigenvalue weighted by Crippen LogP contribution is 2.27. The molecule has 2 aromatic heterocycles. The van der Waals surface area contributed by atoms with Crippen molar-refractivity contribution in [2.45, 2.75) is 13.0 Å². The number of aromatic nitrogens is 1. The van der Waals surface area contributed by atoms with Crippen LogP contribution in [0.3, 0.4) is 0 Å². The quantitative estimate of drug-likeness (QED) is 0.671. The molecule has 0 saturated carbocycles. The van der Waals surface area contributed by atoms with Gasteiger partial charge in [0.1, 0.15) is 4.88 Å². The Morgan fingerprint density at radius 1 is 1.09 bits per heavy atom. The molecule has 1 unspecified atom stereocenters. The second-order valence-electron chi connectivity index (χ2n) is 4.88. The summed E-state index contributed by atoms with van der Waals surface area (Å²) in [7, 11) is 0. The minimum absolute atomic E-state index is 0.313. The van der Waals surface area contributed by atoms with Gasteiger partial charge in [-0.05, 0) is 41.6 Å². The van der Waals surface area contributed by atoms with Crippen molar-refractivity contribution in [2.24, 2.45) is 0 Å². The fraction of sp³-hybridized carbons (Fsp3) is 0.111. The maximum absolute atomic E-state index is 12.4. The van der Waals surface area contributed by atoms with Crippen LogP contribution >= 0.6 is 11.3 Å². The monoisotopic (exact) mass is 309 g/mol. The largest absolute Gasteiger partial charge is 0.447 e. The molecule has 1 atom stereocenters. The van der Waals surface area contributed by atoms with Crippen molar-refractivity contribution in [3.63, 3.8) is 0 Å². The van der Waals surface area contributed by atoms with Gasteiger partial charge in [-0.25, -0.2) is 4.79 Å². The first-order valence-corrected chi connectivity index (χ1v) is 7.84. The lowest BCUT2D eigenvalue weighted by Gasteiger charge is -2.17. The van der Waals surface area contributed by atoms with Crippen LogP contribution in [0.15, 0.2) is 66.2 Å². The van der Waals surface area contributed by atoms with Crippen molar-refractivity contribution in [1.29, 1.82) is 0 Å². The molecule has 22 heavy (non-hydrogen) atoms. The van der Waals surface area contributed by atoms with E-state index in [1.807, 2.05) is 66.9 Å². The lowest BCUT2D eigenvalue weighted by molar-refractivity contribution is 0.0376. The lowest BCUT2D eigenvalue weighted by Crippen LogP contribution is -2.13. The Balaban J connectivity index is 1.93. The second kappa shape index (κ2) is 6.54. The third kappa shape index (κ3) is 3.07. The normalized spacial score (nSPS) is 11.9. The van der Waals surface area contributed by atoms with Crippen LogP contribution in [0.25, 0.3) is 0 Å². The van der Waals surface area contributed by atoms with Gasteiger partial charge in [0.15, 0.2) is 6.10 Å². The molecule has 1 aromatic carbocycles. The van der Waals surface area contributed by atoms with Crippen molar-refractivity contribution < 1.29 is 9.53 Å². The van der Waals surface area contributed by atoms with E-state index in [1.54, 1.807) is 6.20 Å². The van der Waals surface area contributed by atoms with Gasteiger partial charge in [-0.15, -0.1) is 11.3 Å². The van der Waals surface area contributed by atoms with Gasteiger partial charge < -0.3 is 4.74 Å². The third-order valence-corrected chi connectivity index (χ3v) is 4.33. The molecule has 3 nitrogen and oxygen atoms in total. The number of ether oxygens (including phenoxy) is 1. The molecule has 4 heteroatoms. The summed E-state index contributed by atoms with van der Waals surface area (Å²) in [6.45, 7) is 1.91. The Kier molecular flexibility index (Phi) is 4.30. The van der Waals surface area contributed by atoms with Crippen molar-refractivity contribution in [3.8, 4) is 0 Å². The van der Waals surface area contributed by atoms with Gasteiger partial charge in [0, 0.05) is 6.20 Å². The van der Waals surface area contributed by atoms with E-state index in [0.717, 1.165) is 16.8 Å². The van der Waals surface area contributed by atoms with Crippen LogP contribution in [0.1, 0.15) is 32.6 Å². The predicted octanol–water partition coefficient (Wildman–Crippen LogP) is 4.40. The van der Waals surface area contributed by atoms with Crippen LogP contribution in [-0.4, -0.2) is 11.0 Å². The van der Waals surface area contributed by atoms with Gasteiger partial charge in [-0.1, -0.05) is 36.4 Å². The Morgan fingerprint density at radius 2 is 1.86 bits per heavy atom. The molecule has 0 aliphatic carbocycles. The van der Waals surface area contributed by atoms with Gasteiger partial charge >= 0.3 is 5.97 Å². The van der Waals surface area contributed by atoms with Crippen LogP contribution in [0.5, 0.6) is 0 Å². The van der Waals surface area contributed by atoms with Gasteiger partial charge in [-0.3, -0.25) is 4.98 Å². The van der Waals surface area contributed by atoms with Gasteiger partial charge in [0.05, 0.1) is 5.69 Å². The lowest BCUT2D eigenvalue weighted by atomic mass is 10.1. The maximum Gasteiger partial charge on any atom is 0.349 e. The summed E-state index contributed by atoms with van der Waals surface area (Å²) in [5.74, 6) is -0.313. The van der Waals surface area contributed by atoms with Crippen LogP contribution < -0.4 is 0 Å². The number of rotatable bonds is 4. The van der Waals surface area contributed by atoms with E-state index in [1.165, 1.54) is 11.3 Å². The molecule has 0 amide bonds. The number of carbonyl (C=O) groups excluding carboxylic acids is 1. The molecule has 0 spiro atoms. The highest BCUT2D eigenvalue weighted by Gasteiger charge is 2.22. The third-order valence-electron chi connectivity index (χ3n) is 3.33. The summed E-state index contributed by atoms with van der Waals surface area (Å²) in [5, 5.41) is 1.89. The van der Waals surface area contributed by atoms with E-state index in [9.17, 15) is 4.79 Å². The summed E-state index contributed by atoms with van der Waals surface area (Å²) in [6.07, 6.45) is 1.20. The number of benzene rings is 1. The molecule has 3 rings (SSSR count). The van der Waals surface area contributed by atoms with E-state index >= 15 is 0 Å². The molecule has 0 saturated heterocycles. The van der Waals surface area contributed by atoms with Crippen molar-refractivity contribution >= 4 is 17.3 Å². The number of aryl methyl sites for hydroxylation is 1. The van der Waals surface area contributed by atoms with E-state index in [-0.39, 0.29) is 5.97 Å². The molecular formula is C18H15NO2S. The zero-order chi connectivity index (χ0) is 15.4. The van der Waals surface area contributed by atoms with Crippen LogP contribution in [0.2, 0.25) is 0 Å². The zero-order valence-electron chi connectivity index (χ0n) is 12.1. The first kappa shape index (κ1) is 14.5. The van der Waals surface area contributed by atoms with Crippen LogP contribution in [-0.2, 0) is 4.74 Å². The fourth-order valence-corrected chi connectivity index (χ4v) is 3.01. The maximum atomic E-state index is 12.4. The zero-order valence-corrected chi connectivity index (χ0v) is 12.9. The highest BCUT2D eigenvalue weighted by molar-refractivity contribution is 7.12. The molecule has 0 aliphatic rings. The summed E-state index contributed by atoms with van der Waals surface area (Å²) < 4.78 is 5.76. The minimum Gasteiger partial charge on any atom is -0.447 e. The molecule has 3 aromatic rings. The Labute approximate surface area is 133 Å². The van der Waals surface area contributed by atoms with Crippen molar-refractivity contribution in [2.75, 3.05) is 0 Å². The number of nitrogens with zero attached hydrogens (tertiary/aromatic N) is 1. The van der Waals surface area contributed by atoms with E-state index in [0.29, 0.717) is 4.88 Å². The van der Waals surface area contributed by atoms with E-state index in [2.05, 4.69) is 4.98 Å². The van der Waals surface area contributed by atoms with Gasteiger partial charge in [0.2, 0.25) is 0 Å². The highest BCUT2D eigenvalue weighted by atomic mass is 32.1. The fourth-order valence-electron chi connectivity index (χ4n) is 2.20. The molecule has 2 heterocycles.